The first kappa shape index (κ1) is 23.5. The van der Waals surface area contributed by atoms with Gasteiger partial charge < -0.3 is 20.1 Å². The number of hydrogen-bond donors (Lipinski definition) is 3. The summed E-state index contributed by atoms with van der Waals surface area (Å²) in [5.41, 5.74) is 2.14. The van der Waals surface area contributed by atoms with Crippen LogP contribution in [0.15, 0.2) is 24.7 Å². The van der Waals surface area contributed by atoms with Gasteiger partial charge in [-0.25, -0.2) is 9.97 Å². The number of ether oxygens (including phenoxy) is 1. The zero-order valence-corrected chi connectivity index (χ0v) is 21.2. The van der Waals surface area contributed by atoms with Gasteiger partial charge in [-0.2, -0.15) is 5.10 Å². The van der Waals surface area contributed by atoms with Gasteiger partial charge in [0.05, 0.1) is 35.5 Å². The van der Waals surface area contributed by atoms with Crippen molar-refractivity contribution in [3.63, 3.8) is 0 Å². The summed E-state index contributed by atoms with van der Waals surface area (Å²) in [5.74, 6) is 1.51. The van der Waals surface area contributed by atoms with Crippen LogP contribution in [0.3, 0.4) is 0 Å². The Morgan fingerprint density at radius 3 is 2.97 bits per heavy atom. The van der Waals surface area contributed by atoms with Gasteiger partial charge in [0.1, 0.15) is 22.7 Å². The molecule has 0 saturated heterocycles. The molecule has 1 aliphatic carbocycles. The minimum absolute atomic E-state index is 0.0599. The number of aromatic amines is 1. The molecule has 1 unspecified atom stereocenters. The van der Waals surface area contributed by atoms with Gasteiger partial charge in [-0.1, -0.05) is 0 Å². The van der Waals surface area contributed by atoms with E-state index in [2.05, 4.69) is 25.5 Å². The predicted octanol–water partition coefficient (Wildman–Crippen LogP) is 4.04. The number of fused-ring (bicyclic) bond motifs is 4. The number of thiophene rings is 1. The van der Waals surface area contributed by atoms with Gasteiger partial charge >= 0.3 is 0 Å². The molecule has 1 amide bonds. The highest BCUT2D eigenvalue weighted by Crippen LogP contribution is 2.42. The van der Waals surface area contributed by atoms with E-state index in [9.17, 15) is 9.90 Å². The molecule has 0 saturated carbocycles. The lowest BCUT2D eigenvalue weighted by molar-refractivity contribution is -0.135. The van der Waals surface area contributed by atoms with Crippen LogP contribution in [-0.2, 0) is 17.6 Å². The number of nitrogens with zero attached hydrogens (tertiary/aromatic N) is 4. The molecule has 1 aliphatic rings. The third kappa shape index (κ3) is 4.68. The second kappa shape index (κ2) is 9.09. The second-order valence-electron chi connectivity index (χ2n) is 9.80. The highest BCUT2D eigenvalue weighted by atomic mass is 32.1. The normalized spacial score (nSPS) is 15.9. The van der Waals surface area contributed by atoms with Gasteiger partial charge in [0.2, 0.25) is 5.91 Å². The Kier molecular flexibility index (Phi) is 6.10. The number of H-pyrrole nitrogens is 1. The molecular formula is C25H30N6O3S. The van der Waals surface area contributed by atoms with Crippen molar-refractivity contribution in [2.45, 2.75) is 45.1 Å². The first-order valence-electron chi connectivity index (χ1n) is 11.7. The van der Waals surface area contributed by atoms with Crippen LogP contribution in [0.5, 0.6) is 5.75 Å². The number of aliphatic hydroxyl groups is 1. The summed E-state index contributed by atoms with van der Waals surface area (Å²) in [4.78, 5) is 26.1. The van der Waals surface area contributed by atoms with Crippen molar-refractivity contribution in [3.05, 3.63) is 35.1 Å². The van der Waals surface area contributed by atoms with E-state index >= 15 is 0 Å². The fourth-order valence-corrected chi connectivity index (χ4v) is 5.91. The third-order valence-corrected chi connectivity index (χ3v) is 7.81. The molecule has 0 fully saturated rings. The van der Waals surface area contributed by atoms with Crippen molar-refractivity contribution < 1.29 is 14.6 Å². The van der Waals surface area contributed by atoms with Crippen LogP contribution in [0.4, 0.5) is 11.5 Å². The Morgan fingerprint density at radius 2 is 2.20 bits per heavy atom. The zero-order chi connectivity index (χ0) is 24.7. The van der Waals surface area contributed by atoms with Gasteiger partial charge in [-0.05, 0) is 51.2 Å². The quantitative estimate of drug-likeness (QED) is 0.355. The monoisotopic (exact) mass is 494 g/mol. The van der Waals surface area contributed by atoms with Gasteiger partial charge in [0.15, 0.2) is 0 Å². The maximum absolute atomic E-state index is 13.1. The molecule has 184 valence electrons. The number of aryl methyl sites for hydroxylation is 1. The van der Waals surface area contributed by atoms with Crippen molar-refractivity contribution in [3.8, 4) is 5.75 Å². The second-order valence-corrected chi connectivity index (χ2v) is 10.9. The van der Waals surface area contributed by atoms with E-state index in [0.29, 0.717) is 25.1 Å². The van der Waals surface area contributed by atoms with E-state index in [0.717, 1.165) is 45.5 Å². The van der Waals surface area contributed by atoms with Crippen LogP contribution in [0.2, 0.25) is 0 Å². The number of aromatic nitrogens is 4. The SMILES string of the molecule is COc1cc2[nH]ncc2cc1Nc1ncnc2sc3c(c12)CCC(C(=O)N(C)CCC(C)(C)O)C3. The maximum atomic E-state index is 13.1. The van der Waals surface area contributed by atoms with Crippen molar-refractivity contribution in [2.75, 3.05) is 26.0 Å². The Hall–Kier alpha value is -3.24. The number of anilines is 2. The molecule has 4 aromatic rings. The zero-order valence-electron chi connectivity index (χ0n) is 20.4. The average molecular weight is 495 g/mol. The van der Waals surface area contributed by atoms with Gasteiger partial charge in [0.25, 0.3) is 0 Å². The summed E-state index contributed by atoms with van der Waals surface area (Å²) in [7, 11) is 3.46. The molecule has 3 aromatic heterocycles. The summed E-state index contributed by atoms with van der Waals surface area (Å²) < 4.78 is 5.60. The Morgan fingerprint density at radius 1 is 1.37 bits per heavy atom. The summed E-state index contributed by atoms with van der Waals surface area (Å²) in [6.45, 7) is 4.08. The topological polar surface area (TPSA) is 116 Å². The summed E-state index contributed by atoms with van der Waals surface area (Å²) >= 11 is 1.64. The van der Waals surface area contributed by atoms with Crippen molar-refractivity contribution in [2.24, 2.45) is 5.92 Å². The first-order valence-corrected chi connectivity index (χ1v) is 12.6. The highest BCUT2D eigenvalue weighted by molar-refractivity contribution is 7.19. The fraction of sp³-hybridized carbons (Fsp3) is 0.440. The van der Waals surface area contributed by atoms with Crippen LogP contribution in [0.25, 0.3) is 21.1 Å². The smallest absolute Gasteiger partial charge is 0.225 e. The molecule has 3 N–H and O–H groups in total. The number of amides is 1. The first-order chi connectivity index (χ1) is 16.7. The molecule has 0 spiro atoms. The van der Waals surface area contributed by atoms with Crippen molar-refractivity contribution in [1.29, 1.82) is 0 Å². The minimum atomic E-state index is -0.785. The van der Waals surface area contributed by atoms with E-state index in [1.54, 1.807) is 49.7 Å². The number of methoxy groups -OCH3 is 1. The Labute approximate surface area is 207 Å². The van der Waals surface area contributed by atoms with Crippen LogP contribution < -0.4 is 10.1 Å². The maximum Gasteiger partial charge on any atom is 0.225 e. The van der Waals surface area contributed by atoms with Gasteiger partial charge in [-0.3, -0.25) is 9.89 Å². The fourth-order valence-electron chi connectivity index (χ4n) is 4.64. The number of rotatable bonds is 7. The van der Waals surface area contributed by atoms with Crippen LogP contribution in [0.1, 0.15) is 37.1 Å². The summed E-state index contributed by atoms with van der Waals surface area (Å²) in [6, 6.07) is 3.90. The van der Waals surface area contributed by atoms with Crippen molar-refractivity contribution >= 4 is 49.9 Å². The van der Waals surface area contributed by atoms with Gasteiger partial charge in [-0.15, -0.1) is 11.3 Å². The minimum Gasteiger partial charge on any atom is -0.494 e. The van der Waals surface area contributed by atoms with E-state index in [-0.39, 0.29) is 11.8 Å². The molecule has 35 heavy (non-hydrogen) atoms. The summed E-state index contributed by atoms with van der Waals surface area (Å²) in [6.07, 6.45) is 6.18. The molecule has 3 heterocycles. The largest absolute Gasteiger partial charge is 0.494 e. The van der Waals surface area contributed by atoms with Crippen LogP contribution in [-0.4, -0.2) is 62.4 Å². The lowest BCUT2D eigenvalue weighted by atomic mass is 9.86. The number of nitrogens with one attached hydrogen (secondary N) is 2. The molecule has 0 bridgehead atoms. The number of carbonyl (C=O) groups is 1. The molecular weight excluding hydrogens is 464 g/mol. The lowest BCUT2D eigenvalue weighted by Crippen LogP contribution is -2.38. The molecule has 1 atom stereocenters. The van der Waals surface area contributed by atoms with Crippen LogP contribution in [0, 0.1) is 5.92 Å². The van der Waals surface area contributed by atoms with E-state index in [1.165, 1.54) is 10.4 Å². The van der Waals surface area contributed by atoms with Crippen LogP contribution >= 0.6 is 11.3 Å². The molecule has 0 radical (unpaired) electrons. The molecule has 0 aliphatic heterocycles. The highest BCUT2D eigenvalue weighted by Gasteiger charge is 2.31. The Bertz CT molecular complexity index is 1390. The summed E-state index contributed by atoms with van der Waals surface area (Å²) in [5, 5.41) is 22.5. The van der Waals surface area contributed by atoms with Crippen molar-refractivity contribution in [1.82, 2.24) is 25.1 Å². The Balaban J connectivity index is 1.41. The number of carbonyl (C=O) groups excluding carboxylic acids is 1. The standard InChI is InChI=1S/C25H30N6O3S/c1-25(2,33)7-8-31(3)24(32)14-5-6-16-20(10-14)35-23-21(16)22(26-13-27-23)29-18-9-15-12-28-30-17(15)11-19(18)34-4/h9,11-14,33H,5-8,10H2,1-4H3,(H,28,30)(H,26,27,29). The number of benzene rings is 1. The average Bonchev–Trinajstić information content (AvgIpc) is 3.44. The van der Waals surface area contributed by atoms with E-state index < -0.39 is 5.60 Å². The number of hydrogen-bond acceptors (Lipinski definition) is 8. The van der Waals surface area contributed by atoms with E-state index in [1.807, 2.05) is 19.2 Å². The molecule has 5 rings (SSSR count). The third-order valence-electron chi connectivity index (χ3n) is 6.64. The molecule has 10 heteroatoms. The molecule has 1 aromatic carbocycles. The van der Waals surface area contributed by atoms with E-state index in [4.69, 9.17) is 4.74 Å². The molecule has 9 nitrogen and oxygen atoms in total. The van der Waals surface area contributed by atoms with Gasteiger partial charge in [0, 0.05) is 35.8 Å². The lowest BCUT2D eigenvalue weighted by Gasteiger charge is -2.28. The predicted molar refractivity (Wildman–Crippen MR) is 137 cm³/mol.